The summed E-state index contributed by atoms with van der Waals surface area (Å²) in [7, 11) is 0. The SMILES string of the molecule is C.CCOC(=O)COc1ccc(Cl)cc1.Cc1ccc(Cl)cc1Cl. The Morgan fingerprint density at radius 3 is 2.08 bits per heavy atom. The largest absolute Gasteiger partial charge is 0.482 e. The van der Waals surface area contributed by atoms with Gasteiger partial charge in [0.2, 0.25) is 0 Å². The molecule has 0 aromatic heterocycles. The fourth-order valence-electron chi connectivity index (χ4n) is 1.44. The Hall–Kier alpha value is -1.42. The molecule has 0 heterocycles. The van der Waals surface area contributed by atoms with Gasteiger partial charge in [-0.15, -0.1) is 0 Å². The van der Waals surface area contributed by atoms with Crippen LogP contribution < -0.4 is 4.74 Å². The molecule has 132 valence electrons. The first-order valence-corrected chi connectivity index (χ1v) is 8.01. The molecule has 0 amide bonds. The van der Waals surface area contributed by atoms with Crippen molar-refractivity contribution in [2.75, 3.05) is 13.2 Å². The van der Waals surface area contributed by atoms with Gasteiger partial charge < -0.3 is 9.47 Å². The van der Waals surface area contributed by atoms with Gasteiger partial charge in [0, 0.05) is 15.1 Å². The first kappa shape index (κ1) is 22.6. The number of rotatable bonds is 4. The van der Waals surface area contributed by atoms with E-state index in [1.807, 2.05) is 19.1 Å². The van der Waals surface area contributed by atoms with Crippen LogP contribution in [-0.4, -0.2) is 19.2 Å². The van der Waals surface area contributed by atoms with Crippen molar-refractivity contribution in [1.29, 1.82) is 0 Å². The first-order valence-electron chi connectivity index (χ1n) is 6.88. The average molecular weight is 392 g/mol. The highest BCUT2D eigenvalue weighted by atomic mass is 35.5. The topological polar surface area (TPSA) is 35.5 Å². The van der Waals surface area contributed by atoms with Gasteiger partial charge in [0.25, 0.3) is 0 Å². The van der Waals surface area contributed by atoms with Gasteiger partial charge in [-0.3, -0.25) is 0 Å². The van der Waals surface area contributed by atoms with Crippen LogP contribution in [0.5, 0.6) is 5.75 Å². The minimum atomic E-state index is -0.373. The number of aryl methyl sites for hydroxylation is 1. The summed E-state index contributed by atoms with van der Waals surface area (Å²) in [6.45, 7) is 3.98. The zero-order valence-corrected chi connectivity index (χ0v) is 15.1. The van der Waals surface area contributed by atoms with E-state index in [4.69, 9.17) is 44.3 Å². The zero-order chi connectivity index (χ0) is 17.2. The van der Waals surface area contributed by atoms with Crippen LogP contribution in [-0.2, 0) is 9.53 Å². The maximum atomic E-state index is 10.9. The summed E-state index contributed by atoms with van der Waals surface area (Å²) in [6.07, 6.45) is 0. The smallest absolute Gasteiger partial charge is 0.344 e. The molecule has 0 unspecified atom stereocenters. The summed E-state index contributed by atoms with van der Waals surface area (Å²) in [5.74, 6) is 0.227. The van der Waals surface area contributed by atoms with Crippen molar-refractivity contribution in [2.24, 2.45) is 0 Å². The quantitative estimate of drug-likeness (QED) is 0.580. The molecular formula is C18H21Cl3O3. The highest BCUT2D eigenvalue weighted by Crippen LogP contribution is 2.19. The van der Waals surface area contributed by atoms with Crippen LogP contribution in [0, 0.1) is 6.92 Å². The maximum absolute atomic E-state index is 10.9. The van der Waals surface area contributed by atoms with Crippen molar-refractivity contribution in [1.82, 2.24) is 0 Å². The van der Waals surface area contributed by atoms with Gasteiger partial charge in [-0.25, -0.2) is 4.79 Å². The minimum Gasteiger partial charge on any atom is -0.482 e. The first-order chi connectivity index (χ1) is 10.9. The van der Waals surface area contributed by atoms with Crippen LogP contribution in [0.1, 0.15) is 19.9 Å². The lowest BCUT2D eigenvalue weighted by atomic mass is 10.2. The molecule has 0 radical (unpaired) electrons. The number of ether oxygens (including phenoxy) is 2. The van der Waals surface area contributed by atoms with Gasteiger partial charge in [0.1, 0.15) is 5.75 Å². The van der Waals surface area contributed by atoms with Crippen molar-refractivity contribution in [2.45, 2.75) is 21.3 Å². The fourth-order valence-corrected chi connectivity index (χ4v) is 1.98. The highest BCUT2D eigenvalue weighted by Gasteiger charge is 2.02. The molecule has 0 aliphatic heterocycles. The number of carbonyl (C=O) groups excluding carboxylic acids is 1. The van der Waals surface area contributed by atoms with Crippen LogP contribution in [0.25, 0.3) is 0 Å². The van der Waals surface area contributed by atoms with Gasteiger partial charge in [-0.2, -0.15) is 0 Å². The Bertz CT molecular complexity index is 628. The van der Waals surface area contributed by atoms with E-state index in [-0.39, 0.29) is 20.0 Å². The lowest BCUT2D eigenvalue weighted by molar-refractivity contribution is -0.145. The fraction of sp³-hybridized carbons (Fsp3) is 0.278. The second kappa shape index (κ2) is 12.0. The molecule has 3 nitrogen and oxygen atoms in total. The Morgan fingerprint density at radius 1 is 1.00 bits per heavy atom. The molecule has 0 bridgehead atoms. The Morgan fingerprint density at radius 2 is 1.58 bits per heavy atom. The summed E-state index contributed by atoms with van der Waals surface area (Å²) >= 11 is 17.0. The zero-order valence-electron chi connectivity index (χ0n) is 12.8. The maximum Gasteiger partial charge on any atom is 0.344 e. The van der Waals surface area contributed by atoms with Gasteiger partial charge in [-0.1, -0.05) is 48.3 Å². The third kappa shape index (κ3) is 9.02. The predicted octanol–water partition coefficient (Wildman–Crippen LogP) is 6.22. The number of hydrogen-bond donors (Lipinski definition) is 0. The number of benzene rings is 2. The number of carbonyl (C=O) groups is 1. The summed E-state index contributed by atoms with van der Waals surface area (Å²) in [4.78, 5) is 10.9. The normalized spacial score (nSPS) is 9.21. The molecule has 2 rings (SSSR count). The van der Waals surface area contributed by atoms with E-state index in [9.17, 15) is 4.79 Å². The second-order valence-corrected chi connectivity index (χ2v) is 5.72. The monoisotopic (exact) mass is 390 g/mol. The predicted molar refractivity (Wildman–Crippen MR) is 102 cm³/mol. The van der Waals surface area contributed by atoms with E-state index >= 15 is 0 Å². The molecule has 0 fully saturated rings. The van der Waals surface area contributed by atoms with E-state index in [0.29, 0.717) is 22.4 Å². The molecule has 0 saturated heterocycles. The summed E-state index contributed by atoms with van der Waals surface area (Å²) in [5.41, 5.74) is 1.06. The van der Waals surface area contributed by atoms with Crippen molar-refractivity contribution < 1.29 is 14.3 Å². The van der Waals surface area contributed by atoms with Crippen molar-refractivity contribution in [3.63, 3.8) is 0 Å². The third-order valence-corrected chi connectivity index (χ3v) is 3.50. The van der Waals surface area contributed by atoms with E-state index in [0.717, 1.165) is 10.6 Å². The minimum absolute atomic E-state index is 0. The molecule has 2 aromatic carbocycles. The Labute approximate surface area is 158 Å². The van der Waals surface area contributed by atoms with Crippen molar-refractivity contribution in [3.8, 4) is 5.75 Å². The number of hydrogen-bond acceptors (Lipinski definition) is 3. The van der Waals surface area contributed by atoms with E-state index in [1.165, 1.54) is 0 Å². The highest BCUT2D eigenvalue weighted by molar-refractivity contribution is 6.35. The Kier molecular flexibility index (Phi) is 11.3. The van der Waals surface area contributed by atoms with Gasteiger partial charge in [0.15, 0.2) is 6.61 Å². The Balaban J connectivity index is 0.000000460. The van der Waals surface area contributed by atoms with E-state index in [1.54, 1.807) is 37.3 Å². The number of halogens is 3. The van der Waals surface area contributed by atoms with Crippen LogP contribution in [0.3, 0.4) is 0 Å². The molecule has 0 N–H and O–H groups in total. The molecule has 0 saturated carbocycles. The van der Waals surface area contributed by atoms with Crippen molar-refractivity contribution in [3.05, 3.63) is 63.1 Å². The van der Waals surface area contributed by atoms with E-state index < -0.39 is 0 Å². The van der Waals surface area contributed by atoms with Crippen molar-refractivity contribution >= 4 is 40.8 Å². The molecule has 0 aliphatic carbocycles. The molecule has 6 heteroatoms. The summed E-state index contributed by atoms with van der Waals surface area (Å²) in [6, 6.07) is 12.2. The van der Waals surface area contributed by atoms with Crippen LogP contribution in [0.2, 0.25) is 15.1 Å². The van der Waals surface area contributed by atoms with E-state index in [2.05, 4.69) is 0 Å². The lowest BCUT2D eigenvalue weighted by Gasteiger charge is -2.05. The molecule has 0 spiro atoms. The molecule has 0 atom stereocenters. The summed E-state index contributed by atoms with van der Waals surface area (Å²) < 4.78 is 9.84. The summed E-state index contributed by atoms with van der Waals surface area (Å²) in [5, 5.41) is 2.04. The van der Waals surface area contributed by atoms with Gasteiger partial charge >= 0.3 is 5.97 Å². The lowest BCUT2D eigenvalue weighted by Crippen LogP contribution is -2.14. The van der Waals surface area contributed by atoms with Gasteiger partial charge in [0.05, 0.1) is 6.61 Å². The molecule has 0 aliphatic rings. The molecular weight excluding hydrogens is 371 g/mol. The van der Waals surface area contributed by atoms with Crippen LogP contribution in [0.15, 0.2) is 42.5 Å². The van der Waals surface area contributed by atoms with Crippen LogP contribution >= 0.6 is 34.8 Å². The standard InChI is InChI=1S/C10H11ClO3.C7H6Cl2.CH4/c1-2-13-10(12)7-14-9-5-3-8(11)4-6-9;1-5-2-3-6(8)4-7(5)9;/h3-6H,2,7H2,1H3;2-4H,1H3;1H4. The average Bonchev–Trinajstić information content (AvgIpc) is 2.52. The van der Waals surface area contributed by atoms with Crippen LogP contribution in [0.4, 0.5) is 0 Å². The second-order valence-electron chi connectivity index (χ2n) is 4.44. The molecule has 2 aromatic rings. The number of esters is 1. The third-order valence-electron chi connectivity index (χ3n) is 2.61. The van der Waals surface area contributed by atoms with Gasteiger partial charge in [-0.05, 0) is 55.8 Å². The molecule has 24 heavy (non-hydrogen) atoms.